The number of halogens is 2. The first-order chi connectivity index (χ1) is 25.4. The van der Waals surface area contributed by atoms with E-state index in [0.29, 0.717) is 63.0 Å². The van der Waals surface area contributed by atoms with Crippen LogP contribution in [0.4, 0.5) is 0 Å². The molecule has 0 atom stereocenters. The van der Waals surface area contributed by atoms with E-state index in [1.165, 1.54) is 0 Å². The van der Waals surface area contributed by atoms with Crippen molar-refractivity contribution in [2.24, 2.45) is 0 Å². The zero-order valence-corrected chi connectivity index (χ0v) is 33.9. The molecule has 6 aromatic rings. The number of methoxy groups -OCH3 is 1. The lowest BCUT2D eigenvalue weighted by Gasteiger charge is -2.10. The van der Waals surface area contributed by atoms with Crippen molar-refractivity contribution in [1.29, 1.82) is 0 Å². The van der Waals surface area contributed by atoms with Gasteiger partial charge in [0.1, 0.15) is 40.2 Å². The minimum Gasteiger partial charge on any atom is -0.497 e. The maximum Gasteiger partial charge on any atom is 0.261 e. The van der Waals surface area contributed by atoms with E-state index in [1.54, 1.807) is 104 Å². The standard InChI is InChI=1S/C40H30O6.CH4O3S.I2/c1-27-3-5-28(6-4-27)39(41)29-7-13-34(14-8-29)45-37-23-25-38(26-24-37)46-35-17-11-31(12-18-35)40(42)30-9-15-33(16-10-30)44-36-21-19-32(43-2)20-22-36;1-5(2,3)4;1-2/h3-26H,1-2H3;1H3,(H,2,3,4);. The van der Waals surface area contributed by atoms with Gasteiger partial charge in [0, 0.05) is 59.5 Å². The number of rotatable bonds is 11. The van der Waals surface area contributed by atoms with Crippen LogP contribution in [0.15, 0.2) is 146 Å². The van der Waals surface area contributed by atoms with Crippen molar-refractivity contribution in [1.82, 2.24) is 0 Å². The lowest BCUT2D eigenvalue weighted by atomic mass is 10.0. The van der Waals surface area contributed by atoms with Crippen LogP contribution in [-0.4, -0.2) is 37.9 Å². The normalized spacial score (nSPS) is 10.4. The molecule has 0 heterocycles. The van der Waals surface area contributed by atoms with Crippen molar-refractivity contribution in [2.75, 3.05) is 13.4 Å². The zero-order valence-electron chi connectivity index (χ0n) is 28.7. The van der Waals surface area contributed by atoms with Crippen molar-refractivity contribution in [3.8, 4) is 40.2 Å². The summed E-state index contributed by atoms with van der Waals surface area (Å²) in [6.07, 6.45) is 0.715. The summed E-state index contributed by atoms with van der Waals surface area (Å²) < 4.78 is 48.8. The molecule has 0 aliphatic rings. The van der Waals surface area contributed by atoms with Crippen LogP contribution in [0.3, 0.4) is 0 Å². The predicted molar refractivity (Wildman–Crippen MR) is 223 cm³/mol. The van der Waals surface area contributed by atoms with E-state index in [9.17, 15) is 18.0 Å². The Labute approximate surface area is 332 Å². The second kappa shape index (κ2) is 19.9. The van der Waals surface area contributed by atoms with Gasteiger partial charge in [-0.3, -0.25) is 14.1 Å². The van der Waals surface area contributed by atoms with Gasteiger partial charge in [-0.1, -0.05) is 29.8 Å². The van der Waals surface area contributed by atoms with Gasteiger partial charge in [-0.15, -0.1) is 0 Å². The van der Waals surface area contributed by atoms with Crippen molar-refractivity contribution >= 4 is 58.9 Å². The molecule has 0 aliphatic heterocycles. The fourth-order valence-electron chi connectivity index (χ4n) is 4.69. The molecule has 0 saturated carbocycles. The van der Waals surface area contributed by atoms with E-state index < -0.39 is 10.1 Å². The molecule has 6 rings (SSSR count). The van der Waals surface area contributed by atoms with Crippen LogP contribution >= 0.6 is 37.2 Å². The molecule has 1 N–H and O–H groups in total. The van der Waals surface area contributed by atoms with Gasteiger partial charge in [0.05, 0.1) is 13.4 Å². The Bertz CT molecular complexity index is 2180. The van der Waals surface area contributed by atoms with Gasteiger partial charge in [-0.25, -0.2) is 0 Å². The molecule has 0 aliphatic carbocycles. The quantitative estimate of drug-likeness (QED) is 0.0767. The van der Waals surface area contributed by atoms with Gasteiger partial charge in [0.25, 0.3) is 10.1 Å². The van der Waals surface area contributed by atoms with E-state index in [1.807, 2.05) is 55.5 Å². The predicted octanol–water partition coefficient (Wildman–Crippen LogP) is 11.1. The highest BCUT2D eigenvalue weighted by molar-refractivity contribution is 15.0. The summed E-state index contributed by atoms with van der Waals surface area (Å²) >= 11 is 4.24. The van der Waals surface area contributed by atoms with Crippen molar-refractivity contribution in [3.05, 3.63) is 173 Å². The first-order valence-electron chi connectivity index (χ1n) is 15.7. The summed E-state index contributed by atoms with van der Waals surface area (Å²) in [6.45, 7) is 1.99. The molecule has 0 bridgehead atoms. The van der Waals surface area contributed by atoms with Gasteiger partial charge in [0.15, 0.2) is 11.6 Å². The van der Waals surface area contributed by atoms with E-state index in [2.05, 4.69) is 37.2 Å². The molecule has 0 fully saturated rings. The molecule has 272 valence electrons. The van der Waals surface area contributed by atoms with Crippen molar-refractivity contribution in [2.45, 2.75) is 6.92 Å². The van der Waals surface area contributed by atoms with E-state index in [4.69, 9.17) is 23.5 Å². The second-order valence-electron chi connectivity index (χ2n) is 11.3. The van der Waals surface area contributed by atoms with Crippen LogP contribution in [0.25, 0.3) is 0 Å². The van der Waals surface area contributed by atoms with Gasteiger partial charge >= 0.3 is 0 Å². The average Bonchev–Trinajstić information content (AvgIpc) is 3.17. The number of hydrogen-bond acceptors (Lipinski definition) is 8. The van der Waals surface area contributed by atoms with Crippen LogP contribution in [0.5, 0.6) is 40.2 Å². The Morgan fingerprint density at radius 3 is 0.868 bits per heavy atom. The number of aryl methyl sites for hydroxylation is 1. The number of hydrogen-bond donors (Lipinski definition) is 1. The lowest BCUT2D eigenvalue weighted by Crippen LogP contribution is -2.01. The maximum atomic E-state index is 13.0. The van der Waals surface area contributed by atoms with Gasteiger partial charge in [0.2, 0.25) is 0 Å². The van der Waals surface area contributed by atoms with Crippen molar-refractivity contribution in [3.63, 3.8) is 0 Å². The summed E-state index contributed by atoms with van der Waals surface area (Å²) in [5, 5.41) is 0. The molecule has 0 saturated heterocycles. The summed E-state index contributed by atoms with van der Waals surface area (Å²) in [4.78, 5) is 25.8. The fraction of sp³-hybridized carbons (Fsp3) is 0.0732. The first-order valence-corrected chi connectivity index (χ1v) is 23.9. The van der Waals surface area contributed by atoms with Crippen LogP contribution in [0.1, 0.15) is 37.4 Å². The van der Waals surface area contributed by atoms with Crippen LogP contribution in [0.2, 0.25) is 0 Å². The molecule has 53 heavy (non-hydrogen) atoms. The summed E-state index contributed by atoms with van der Waals surface area (Å²) in [6, 6.07) is 43.1. The highest BCUT2D eigenvalue weighted by Crippen LogP contribution is 2.29. The maximum absolute atomic E-state index is 13.0. The molecule has 0 unspecified atom stereocenters. The SMILES string of the molecule is COc1ccc(Oc2ccc(C(=O)c3ccc(Oc4ccc(Oc5ccc(C(=O)c6ccc(C)cc6)cc5)cc4)cc3)cc2)cc1.CS(=O)(=O)O.II. The van der Waals surface area contributed by atoms with Crippen LogP contribution < -0.4 is 18.9 Å². The minimum atomic E-state index is -3.67. The highest BCUT2D eigenvalue weighted by atomic mass is 128. The zero-order chi connectivity index (χ0) is 38.4. The minimum absolute atomic E-state index is 0.0316. The van der Waals surface area contributed by atoms with Crippen LogP contribution in [0, 0.1) is 6.92 Å². The molecule has 12 heteroatoms. The highest BCUT2D eigenvalue weighted by Gasteiger charge is 2.11. The number of carbonyl (C=O) groups is 2. The number of carbonyl (C=O) groups excluding carboxylic acids is 2. The lowest BCUT2D eigenvalue weighted by molar-refractivity contribution is 0.103. The summed E-state index contributed by atoms with van der Waals surface area (Å²) in [7, 11) is -2.05. The Hall–Kier alpha value is -4.77. The van der Waals surface area contributed by atoms with Crippen molar-refractivity contribution < 1.29 is 41.5 Å². The Kier molecular flexibility index (Phi) is 15.4. The third-order valence-corrected chi connectivity index (χ3v) is 7.25. The van der Waals surface area contributed by atoms with E-state index in [-0.39, 0.29) is 11.6 Å². The Balaban J connectivity index is 0.000000828. The van der Waals surface area contributed by atoms with Crippen LogP contribution in [-0.2, 0) is 10.1 Å². The summed E-state index contributed by atoms with van der Waals surface area (Å²) in [5.41, 5.74) is 3.46. The average molecular weight is 957 g/mol. The third kappa shape index (κ3) is 13.3. The monoisotopic (exact) mass is 956 g/mol. The molecule has 0 aromatic heterocycles. The number of benzene rings is 6. The van der Waals surface area contributed by atoms with Gasteiger partial charge in [-0.05, 0) is 128 Å². The summed E-state index contributed by atoms with van der Waals surface area (Å²) in [5.74, 6) is 4.40. The fourth-order valence-corrected chi connectivity index (χ4v) is 4.69. The molecular weight excluding hydrogens is 922 g/mol. The third-order valence-electron chi connectivity index (χ3n) is 7.25. The van der Waals surface area contributed by atoms with E-state index >= 15 is 0 Å². The topological polar surface area (TPSA) is 125 Å². The molecule has 6 aromatic carbocycles. The molecule has 0 amide bonds. The van der Waals surface area contributed by atoms with E-state index in [0.717, 1.165) is 11.3 Å². The van der Waals surface area contributed by atoms with Gasteiger partial charge in [-0.2, -0.15) is 8.42 Å². The molecular formula is C41H34I2O9S. The Morgan fingerprint density at radius 2 is 0.642 bits per heavy atom. The molecule has 9 nitrogen and oxygen atoms in total. The first kappa shape index (κ1) is 41.0. The number of ketones is 2. The molecule has 0 spiro atoms. The Morgan fingerprint density at radius 1 is 0.453 bits per heavy atom. The van der Waals surface area contributed by atoms with Gasteiger partial charge < -0.3 is 18.9 Å². The number of ether oxygens (including phenoxy) is 4. The molecule has 0 radical (unpaired) electrons. The smallest absolute Gasteiger partial charge is 0.261 e. The largest absolute Gasteiger partial charge is 0.497 e. The second-order valence-corrected chi connectivity index (χ2v) is 12.7.